The van der Waals surface area contributed by atoms with E-state index in [4.69, 9.17) is 14.2 Å². The first-order valence-corrected chi connectivity index (χ1v) is 20.6. The highest BCUT2D eigenvalue weighted by atomic mass is 16.6. The zero-order valence-corrected chi connectivity index (χ0v) is 34.1. The Hall–Kier alpha value is -4.59. The van der Waals surface area contributed by atoms with Gasteiger partial charge in [0.1, 0.15) is 5.60 Å². The first-order chi connectivity index (χ1) is 26.9. The number of nitrogens with one attached hydrogen (secondary N) is 2. The minimum absolute atomic E-state index is 0.0682. The van der Waals surface area contributed by atoms with E-state index in [0.29, 0.717) is 37.7 Å². The van der Waals surface area contributed by atoms with Crippen LogP contribution in [0.2, 0.25) is 0 Å². The van der Waals surface area contributed by atoms with Crippen molar-refractivity contribution in [2.24, 2.45) is 5.92 Å². The molecule has 300 valence electrons. The van der Waals surface area contributed by atoms with Crippen LogP contribution in [-0.2, 0) is 19.0 Å². The third-order valence-corrected chi connectivity index (χ3v) is 11.2. The van der Waals surface area contributed by atoms with Crippen LogP contribution in [0.25, 0.3) is 10.8 Å². The number of carbonyl (C=O) groups is 3. The highest BCUT2D eigenvalue weighted by Gasteiger charge is 2.43. The molecule has 56 heavy (non-hydrogen) atoms. The minimum Gasteiger partial charge on any atom is -0.466 e. The number of piperidine rings is 2. The van der Waals surface area contributed by atoms with E-state index in [-0.39, 0.29) is 42.1 Å². The number of likely N-dealkylation sites (tertiary alicyclic amines) is 1. The largest absolute Gasteiger partial charge is 0.466 e. The van der Waals surface area contributed by atoms with Crippen molar-refractivity contribution >= 4 is 34.4 Å². The predicted octanol–water partition coefficient (Wildman–Crippen LogP) is 8.01. The fourth-order valence-electron chi connectivity index (χ4n) is 8.32. The zero-order valence-electron chi connectivity index (χ0n) is 34.1. The number of rotatable bonds is 11. The Morgan fingerprint density at radius 3 is 2.38 bits per heavy atom. The number of morpholine rings is 1. The normalized spacial score (nSPS) is 20.8. The molecule has 10 heteroatoms. The smallest absolute Gasteiger partial charge is 0.410 e. The Morgan fingerprint density at radius 2 is 1.68 bits per heavy atom. The van der Waals surface area contributed by atoms with Gasteiger partial charge in [-0.25, -0.2) is 4.79 Å². The van der Waals surface area contributed by atoms with Crippen LogP contribution < -0.4 is 10.6 Å². The molecule has 3 heterocycles. The van der Waals surface area contributed by atoms with E-state index < -0.39 is 5.60 Å². The lowest BCUT2D eigenvalue weighted by Crippen LogP contribution is -2.61. The standard InChI is InChI=1S/C46H60N4O6/c1-7-55-43(51)14-10-11-23-49-24-21-33(22-25-49)16-17-34-18-20-39(41-13-9-8-12-40(34)41)32(3)47-44(52)42-28-35(19-15-31(42)2)48-36-26-37-29-54-30-38(27-36)50(37)45(53)56-46(4,5)6/h8-9,12-13,15,18-20,28,32-33,36-38,48H,7,10-11,14,21-27,29-30H2,1-6H3,(H,47,52)/t32-,36?,37?,38?/m1/s1. The molecule has 6 rings (SSSR count). The van der Waals surface area contributed by atoms with Gasteiger partial charge < -0.3 is 29.7 Å². The van der Waals surface area contributed by atoms with E-state index in [1.807, 2.05) is 76.8 Å². The van der Waals surface area contributed by atoms with Crippen molar-refractivity contribution < 1.29 is 28.6 Å². The van der Waals surface area contributed by atoms with E-state index >= 15 is 0 Å². The monoisotopic (exact) mass is 764 g/mol. The lowest BCUT2D eigenvalue weighted by Gasteiger charge is -2.48. The van der Waals surface area contributed by atoms with Gasteiger partial charge in [0.25, 0.3) is 5.91 Å². The average Bonchev–Trinajstić information content (AvgIpc) is 3.15. The van der Waals surface area contributed by atoms with Crippen LogP contribution in [0.3, 0.4) is 0 Å². The molecule has 0 radical (unpaired) electrons. The summed E-state index contributed by atoms with van der Waals surface area (Å²) in [6.07, 6.45) is 5.65. The lowest BCUT2D eigenvalue weighted by atomic mass is 9.90. The van der Waals surface area contributed by atoms with Gasteiger partial charge in [0.15, 0.2) is 0 Å². The van der Waals surface area contributed by atoms with Gasteiger partial charge in [-0.1, -0.05) is 48.2 Å². The summed E-state index contributed by atoms with van der Waals surface area (Å²) in [5.74, 6) is 7.22. The molecule has 2 unspecified atom stereocenters. The summed E-state index contributed by atoms with van der Waals surface area (Å²) in [4.78, 5) is 42.9. The fraction of sp³-hybridized carbons (Fsp3) is 0.543. The SMILES string of the molecule is CCOC(=O)CCCCN1CCC(C#Cc2ccc([C@@H](C)NC(=O)c3cc(NC4CC5COCC(C4)N5C(=O)OC(C)(C)C)ccc3C)c3ccccc23)CC1. The van der Waals surface area contributed by atoms with Gasteiger partial charge in [0.2, 0.25) is 0 Å². The number of aryl methyl sites for hydroxylation is 1. The molecule has 0 aliphatic carbocycles. The molecule has 3 saturated heterocycles. The quantitative estimate of drug-likeness (QED) is 0.115. The van der Waals surface area contributed by atoms with Crippen LogP contribution >= 0.6 is 0 Å². The van der Waals surface area contributed by atoms with E-state index in [1.54, 1.807) is 0 Å². The lowest BCUT2D eigenvalue weighted by molar-refractivity contribution is -0.143. The van der Waals surface area contributed by atoms with Gasteiger partial charge in [-0.2, -0.15) is 0 Å². The summed E-state index contributed by atoms with van der Waals surface area (Å²) in [5.41, 5.74) is 3.91. The molecule has 2 N–H and O–H groups in total. The molecule has 0 spiro atoms. The molecule has 10 nitrogen and oxygen atoms in total. The van der Waals surface area contributed by atoms with E-state index in [2.05, 4.69) is 51.6 Å². The first kappa shape index (κ1) is 41.1. The van der Waals surface area contributed by atoms with Crippen LogP contribution in [0, 0.1) is 24.7 Å². The number of hydrogen-bond acceptors (Lipinski definition) is 8. The Kier molecular flexibility index (Phi) is 13.6. The van der Waals surface area contributed by atoms with Crippen molar-refractivity contribution in [2.45, 2.75) is 116 Å². The maximum absolute atomic E-state index is 13.9. The van der Waals surface area contributed by atoms with Crippen LogP contribution in [0.4, 0.5) is 10.5 Å². The molecule has 3 aliphatic heterocycles. The summed E-state index contributed by atoms with van der Waals surface area (Å²) >= 11 is 0. The van der Waals surface area contributed by atoms with Crippen molar-refractivity contribution in [3.8, 4) is 11.8 Å². The number of ether oxygens (including phenoxy) is 3. The fourth-order valence-corrected chi connectivity index (χ4v) is 8.32. The number of unbranched alkanes of at least 4 members (excludes halogenated alkanes) is 1. The molecule has 3 aromatic rings. The van der Waals surface area contributed by atoms with Crippen LogP contribution in [0.15, 0.2) is 54.6 Å². The van der Waals surface area contributed by atoms with Gasteiger partial charge >= 0.3 is 12.1 Å². The molecule has 2 bridgehead atoms. The van der Waals surface area contributed by atoms with E-state index in [9.17, 15) is 14.4 Å². The van der Waals surface area contributed by atoms with Gasteiger partial charge in [-0.05, 0) is 140 Å². The summed E-state index contributed by atoms with van der Waals surface area (Å²) in [6, 6.07) is 18.2. The number of fused-ring (bicyclic) bond motifs is 3. The number of amides is 2. The molecule has 3 aliphatic rings. The number of esters is 1. The third kappa shape index (κ3) is 10.6. The van der Waals surface area contributed by atoms with Crippen LogP contribution in [0.1, 0.15) is 113 Å². The van der Waals surface area contributed by atoms with Crippen molar-refractivity contribution in [3.05, 3.63) is 76.9 Å². The highest BCUT2D eigenvalue weighted by Crippen LogP contribution is 2.32. The molecule has 3 atom stereocenters. The Morgan fingerprint density at radius 1 is 0.964 bits per heavy atom. The molecule has 2 amide bonds. The number of hydrogen-bond donors (Lipinski definition) is 2. The van der Waals surface area contributed by atoms with Crippen LogP contribution in [0.5, 0.6) is 0 Å². The summed E-state index contributed by atoms with van der Waals surface area (Å²) in [5, 5.41) is 9.12. The summed E-state index contributed by atoms with van der Waals surface area (Å²) in [7, 11) is 0. The number of anilines is 1. The van der Waals surface area contributed by atoms with Crippen molar-refractivity contribution in [3.63, 3.8) is 0 Å². The van der Waals surface area contributed by atoms with Crippen molar-refractivity contribution in [1.29, 1.82) is 0 Å². The number of benzene rings is 3. The maximum atomic E-state index is 13.9. The Balaban J connectivity index is 1.06. The molecule has 3 aromatic carbocycles. The van der Waals surface area contributed by atoms with E-state index in [0.717, 1.165) is 91.3 Å². The zero-order chi connectivity index (χ0) is 39.8. The molecule has 3 fully saturated rings. The number of nitrogens with zero attached hydrogens (tertiary/aromatic N) is 2. The average molecular weight is 765 g/mol. The molecular weight excluding hydrogens is 705 g/mol. The van der Waals surface area contributed by atoms with E-state index in [1.165, 1.54) is 0 Å². The Bertz CT molecular complexity index is 1910. The second kappa shape index (κ2) is 18.6. The minimum atomic E-state index is -0.557. The topological polar surface area (TPSA) is 109 Å². The van der Waals surface area contributed by atoms with Crippen molar-refractivity contribution in [2.75, 3.05) is 44.8 Å². The highest BCUT2D eigenvalue weighted by molar-refractivity contribution is 5.97. The number of carbonyl (C=O) groups excluding carboxylic acids is 3. The van der Waals surface area contributed by atoms with Gasteiger partial charge in [0.05, 0.1) is 37.9 Å². The maximum Gasteiger partial charge on any atom is 0.410 e. The summed E-state index contributed by atoms with van der Waals surface area (Å²) in [6.45, 7) is 16.0. The summed E-state index contributed by atoms with van der Waals surface area (Å²) < 4.78 is 16.6. The van der Waals surface area contributed by atoms with Gasteiger partial charge in [-0.15, -0.1) is 0 Å². The van der Waals surface area contributed by atoms with Gasteiger partial charge in [-0.3, -0.25) is 14.5 Å². The second-order valence-corrected chi connectivity index (χ2v) is 16.7. The Labute approximate surface area is 333 Å². The third-order valence-electron chi connectivity index (χ3n) is 11.2. The van der Waals surface area contributed by atoms with Crippen LogP contribution in [-0.4, -0.2) is 91.0 Å². The second-order valence-electron chi connectivity index (χ2n) is 16.7. The predicted molar refractivity (Wildman–Crippen MR) is 221 cm³/mol. The molecular formula is C46H60N4O6. The molecule has 0 saturated carbocycles. The van der Waals surface area contributed by atoms with Gasteiger partial charge in [0, 0.05) is 35.2 Å². The van der Waals surface area contributed by atoms with Crippen molar-refractivity contribution in [1.82, 2.24) is 15.1 Å². The molecule has 0 aromatic heterocycles. The first-order valence-electron chi connectivity index (χ1n) is 20.6.